The van der Waals surface area contributed by atoms with Gasteiger partial charge in [0.25, 0.3) is 0 Å². The summed E-state index contributed by atoms with van der Waals surface area (Å²) in [6, 6.07) is 14.8. The number of hydrogen-bond acceptors (Lipinski definition) is 6. The third-order valence-corrected chi connectivity index (χ3v) is 6.04. The second-order valence-corrected chi connectivity index (χ2v) is 8.64. The monoisotopic (exact) mass is 497 g/mol. The Labute approximate surface area is 203 Å². The zero-order chi connectivity index (χ0) is 23.8. The summed E-state index contributed by atoms with van der Waals surface area (Å²) in [6.07, 6.45) is 0.386. The van der Waals surface area contributed by atoms with Crippen LogP contribution in [-0.2, 0) is 11.2 Å². The first kappa shape index (κ1) is 22.3. The van der Waals surface area contributed by atoms with Crippen LogP contribution in [-0.4, -0.2) is 28.4 Å². The highest BCUT2D eigenvalue weighted by Gasteiger charge is 2.29. The molecule has 9 heteroatoms. The fourth-order valence-corrected chi connectivity index (χ4v) is 4.20. The summed E-state index contributed by atoms with van der Waals surface area (Å²) >= 11 is 12.3. The van der Waals surface area contributed by atoms with E-state index in [1.165, 1.54) is 0 Å². The lowest BCUT2D eigenvalue weighted by Gasteiger charge is -2.24. The minimum absolute atomic E-state index is 0.00519. The van der Waals surface area contributed by atoms with E-state index >= 15 is 0 Å². The first-order chi connectivity index (χ1) is 16.4. The van der Waals surface area contributed by atoms with Gasteiger partial charge in [-0.2, -0.15) is 0 Å². The molecule has 0 fully saturated rings. The molecule has 0 amide bonds. The van der Waals surface area contributed by atoms with Crippen molar-refractivity contribution in [1.82, 2.24) is 4.98 Å². The van der Waals surface area contributed by atoms with Crippen LogP contribution >= 0.6 is 23.2 Å². The highest BCUT2D eigenvalue weighted by atomic mass is 35.5. The number of Topliss-reactive ketones (excluding diaryl/α,β-unsaturated/α-hetero) is 1. The molecule has 0 aliphatic carbocycles. The number of nitrogens with zero attached hydrogens (tertiary/aromatic N) is 1. The van der Waals surface area contributed by atoms with E-state index in [4.69, 9.17) is 37.1 Å². The molecule has 1 aliphatic heterocycles. The Morgan fingerprint density at radius 2 is 1.88 bits per heavy atom. The lowest BCUT2D eigenvalue weighted by molar-refractivity contribution is -0.139. The fourth-order valence-electron chi connectivity index (χ4n) is 3.82. The summed E-state index contributed by atoms with van der Waals surface area (Å²) in [7, 11) is 0. The number of fused-ring (bicyclic) bond motifs is 2. The molecule has 1 N–H and O–H groups in total. The van der Waals surface area contributed by atoms with Gasteiger partial charge < -0.3 is 19.0 Å². The summed E-state index contributed by atoms with van der Waals surface area (Å²) in [6.45, 7) is 0.301. The maximum atomic E-state index is 12.7. The van der Waals surface area contributed by atoms with Crippen molar-refractivity contribution in [2.24, 2.45) is 0 Å². The van der Waals surface area contributed by atoms with Crippen LogP contribution in [0, 0.1) is 0 Å². The van der Waals surface area contributed by atoms with Crippen LogP contribution in [0.15, 0.2) is 59.0 Å². The van der Waals surface area contributed by atoms with Crippen LogP contribution < -0.4 is 9.47 Å². The van der Waals surface area contributed by atoms with E-state index in [-0.39, 0.29) is 17.2 Å². The van der Waals surface area contributed by atoms with E-state index in [1.54, 1.807) is 54.6 Å². The number of carbonyl (C=O) groups excluding carboxylic acids is 1. The number of oxazole rings is 1. The number of carboxylic acid groups (broad SMARTS) is 1. The van der Waals surface area contributed by atoms with Gasteiger partial charge in [-0.05, 0) is 55.0 Å². The highest BCUT2D eigenvalue weighted by Crippen LogP contribution is 2.41. The van der Waals surface area contributed by atoms with Crippen molar-refractivity contribution in [2.45, 2.75) is 18.8 Å². The molecule has 0 spiro atoms. The van der Waals surface area contributed by atoms with Crippen molar-refractivity contribution in [1.29, 1.82) is 0 Å². The maximum Gasteiger partial charge on any atom is 0.311 e. The SMILES string of the molecule is O=C(Cc1nc2cc(Cl)ccc2o1)c1ccc(Oc2cc3c(cc2Cl)C(C(=O)O)CCO3)cc1. The molecule has 1 aliphatic rings. The Hall–Kier alpha value is -3.55. The third kappa shape index (κ3) is 4.44. The van der Waals surface area contributed by atoms with Gasteiger partial charge in [-0.25, -0.2) is 4.98 Å². The van der Waals surface area contributed by atoms with Crippen LogP contribution in [0.1, 0.15) is 34.2 Å². The molecule has 0 bridgehead atoms. The molecule has 34 heavy (non-hydrogen) atoms. The standard InChI is InChI=1S/C25H17Cl2NO6/c26-14-3-6-21-19(9-14)28-24(34-21)11-20(29)13-1-4-15(5-2-13)33-23-12-22-17(10-18(23)27)16(25(30)31)7-8-32-22/h1-6,9-10,12,16H,7-8,11H2,(H,30,31). The van der Waals surface area contributed by atoms with Gasteiger partial charge in [0.2, 0.25) is 5.89 Å². The average Bonchev–Trinajstić information content (AvgIpc) is 3.20. The molecule has 2 heterocycles. The number of carbonyl (C=O) groups is 2. The van der Waals surface area contributed by atoms with E-state index in [2.05, 4.69) is 4.98 Å². The molecule has 1 atom stereocenters. The van der Waals surface area contributed by atoms with E-state index in [1.807, 2.05) is 0 Å². The third-order valence-electron chi connectivity index (χ3n) is 5.51. The predicted octanol–water partition coefficient (Wildman–Crippen LogP) is 6.30. The van der Waals surface area contributed by atoms with Gasteiger partial charge in [0.15, 0.2) is 11.4 Å². The van der Waals surface area contributed by atoms with E-state index < -0.39 is 11.9 Å². The quantitative estimate of drug-likeness (QED) is 0.312. The first-order valence-corrected chi connectivity index (χ1v) is 11.2. The first-order valence-electron chi connectivity index (χ1n) is 10.4. The molecule has 1 aromatic heterocycles. The van der Waals surface area contributed by atoms with Gasteiger partial charge in [-0.15, -0.1) is 0 Å². The largest absolute Gasteiger partial charge is 0.493 e. The van der Waals surface area contributed by atoms with Crippen molar-refractivity contribution < 1.29 is 28.6 Å². The molecule has 4 aromatic rings. The molecule has 7 nitrogen and oxygen atoms in total. The van der Waals surface area contributed by atoms with Gasteiger partial charge in [0.05, 0.1) is 24.0 Å². The van der Waals surface area contributed by atoms with Crippen LogP contribution in [0.5, 0.6) is 17.2 Å². The Balaban J connectivity index is 1.30. The molecule has 0 saturated heterocycles. The van der Waals surface area contributed by atoms with Crippen molar-refractivity contribution in [2.75, 3.05) is 6.61 Å². The van der Waals surface area contributed by atoms with Gasteiger partial charge in [0.1, 0.15) is 22.8 Å². The van der Waals surface area contributed by atoms with E-state index in [0.29, 0.717) is 63.4 Å². The average molecular weight is 498 g/mol. The van der Waals surface area contributed by atoms with Crippen molar-refractivity contribution >= 4 is 46.1 Å². The molecule has 1 unspecified atom stereocenters. The highest BCUT2D eigenvalue weighted by molar-refractivity contribution is 6.32. The number of carboxylic acids is 1. The number of aromatic nitrogens is 1. The van der Waals surface area contributed by atoms with Crippen molar-refractivity contribution in [3.05, 3.63) is 81.7 Å². The Bertz CT molecular complexity index is 1410. The smallest absolute Gasteiger partial charge is 0.311 e. The minimum Gasteiger partial charge on any atom is -0.493 e. The zero-order valence-electron chi connectivity index (χ0n) is 17.6. The summed E-state index contributed by atoms with van der Waals surface area (Å²) in [5.41, 5.74) is 2.16. The van der Waals surface area contributed by atoms with Crippen LogP contribution in [0.3, 0.4) is 0 Å². The number of aliphatic carboxylic acids is 1. The number of rotatable bonds is 6. The topological polar surface area (TPSA) is 98.9 Å². The fraction of sp³-hybridized carbons (Fsp3) is 0.160. The summed E-state index contributed by atoms with van der Waals surface area (Å²) < 4.78 is 17.1. The lowest BCUT2D eigenvalue weighted by atomic mass is 9.93. The molecule has 0 radical (unpaired) electrons. The van der Waals surface area contributed by atoms with Gasteiger partial charge in [-0.3, -0.25) is 9.59 Å². The Morgan fingerprint density at radius 3 is 2.65 bits per heavy atom. The van der Waals surface area contributed by atoms with Crippen LogP contribution in [0.2, 0.25) is 10.0 Å². The van der Waals surface area contributed by atoms with Crippen LogP contribution in [0.4, 0.5) is 0 Å². The molecule has 172 valence electrons. The predicted molar refractivity (Wildman–Crippen MR) is 126 cm³/mol. The van der Waals surface area contributed by atoms with Crippen molar-refractivity contribution in [3.63, 3.8) is 0 Å². The van der Waals surface area contributed by atoms with E-state index in [9.17, 15) is 14.7 Å². The molecular weight excluding hydrogens is 481 g/mol. The molecular formula is C25H17Cl2NO6. The second-order valence-electron chi connectivity index (χ2n) is 7.79. The number of halogens is 2. The van der Waals surface area contributed by atoms with Crippen LogP contribution in [0.25, 0.3) is 11.1 Å². The number of ether oxygens (including phenoxy) is 2. The maximum absolute atomic E-state index is 12.7. The lowest BCUT2D eigenvalue weighted by Crippen LogP contribution is -2.20. The number of ketones is 1. The summed E-state index contributed by atoms with van der Waals surface area (Å²) in [5.74, 6) is -0.220. The Kier molecular flexibility index (Phi) is 5.89. The summed E-state index contributed by atoms with van der Waals surface area (Å²) in [5, 5.41) is 10.2. The zero-order valence-corrected chi connectivity index (χ0v) is 19.1. The molecule has 0 saturated carbocycles. The van der Waals surface area contributed by atoms with E-state index in [0.717, 1.165) is 0 Å². The van der Waals surface area contributed by atoms with Gasteiger partial charge >= 0.3 is 5.97 Å². The minimum atomic E-state index is -0.920. The Morgan fingerprint density at radius 1 is 1.09 bits per heavy atom. The number of hydrogen-bond donors (Lipinski definition) is 1. The van der Waals surface area contributed by atoms with Crippen molar-refractivity contribution in [3.8, 4) is 17.2 Å². The molecule has 3 aromatic carbocycles. The second kappa shape index (κ2) is 9.00. The van der Waals surface area contributed by atoms with Gasteiger partial charge in [-0.1, -0.05) is 23.2 Å². The van der Waals surface area contributed by atoms with Gasteiger partial charge in [0, 0.05) is 22.2 Å². The normalized spacial score (nSPS) is 14.9. The summed E-state index contributed by atoms with van der Waals surface area (Å²) in [4.78, 5) is 28.5. The number of benzene rings is 3. The molecule has 5 rings (SSSR count).